The van der Waals surface area contributed by atoms with Crippen LogP contribution >= 0.6 is 0 Å². The number of carbonyl (C=O) groups excluding carboxylic acids is 1. The lowest BCUT2D eigenvalue weighted by Crippen LogP contribution is -2.45. The minimum Gasteiger partial charge on any atom is -0.286 e. The molecule has 0 spiro atoms. The summed E-state index contributed by atoms with van der Waals surface area (Å²) in [6.07, 6.45) is 10.5. The lowest BCUT2D eigenvalue weighted by molar-refractivity contribution is 0.0914. The molecule has 5 heteroatoms. The van der Waals surface area contributed by atoms with Crippen LogP contribution in [0.15, 0.2) is 18.6 Å². The topological polar surface area (TPSA) is 66.9 Å². The van der Waals surface area contributed by atoms with Crippen molar-refractivity contribution in [3.63, 3.8) is 0 Å². The quantitative estimate of drug-likeness (QED) is 0.747. The molecule has 1 aromatic rings. The number of nitrogens with one attached hydrogen (secondary N) is 2. The van der Waals surface area contributed by atoms with Crippen molar-refractivity contribution in [3.05, 3.63) is 24.3 Å². The fraction of sp³-hybridized carbons (Fsp3) is 0.545. The summed E-state index contributed by atoms with van der Waals surface area (Å²) in [6, 6.07) is 0.398. The van der Waals surface area contributed by atoms with E-state index in [-0.39, 0.29) is 5.91 Å². The highest BCUT2D eigenvalue weighted by Crippen LogP contribution is 2.16. The van der Waals surface area contributed by atoms with Gasteiger partial charge in [0.1, 0.15) is 5.69 Å². The summed E-state index contributed by atoms with van der Waals surface area (Å²) < 4.78 is 0. The molecule has 0 unspecified atom stereocenters. The lowest BCUT2D eigenvalue weighted by Gasteiger charge is -2.22. The predicted molar refractivity (Wildman–Crippen MR) is 59.5 cm³/mol. The Morgan fingerprint density at radius 3 is 2.75 bits per heavy atom. The van der Waals surface area contributed by atoms with Crippen molar-refractivity contribution in [3.8, 4) is 0 Å². The molecule has 0 radical (unpaired) electrons. The van der Waals surface area contributed by atoms with Crippen LogP contribution in [0, 0.1) is 0 Å². The molecule has 5 nitrogen and oxygen atoms in total. The molecule has 2 N–H and O–H groups in total. The lowest BCUT2D eigenvalue weighted by atomic mass is 9.96. The zero-order chi connectivity index (χ0) is 11.2. The van der Waals surface area contributed by atoms with Crippen LogP contribution in [0.5, 0.6) is 0 Å². The van der Waals surface area contributed by atoms with E-state index in [0.717, 1.165) is 12.8 Å². The first-order valence-electron chi connectivity index (χ1n) is 5.68. The van der Waals surface area contributed by atoms with Crippen molar-refractivity contribution in [2.45, 2.75) is 38.1 Å². The minimum absolute atomic E-state index is 0.223. The number of nitrogens with zero attached hydrogens (tertiary/aromatic N) is 2. The smallest absolute Gasteiger partial charge is 0.285 e. The van der Waals surface area contributed by atoms with Gasteiger partial charge in [-0.05, 0) is 12.8 Å². The fourth-order valence-corrected chi connectivity index (χ4v) is 1.89. The van der Waals surface area contributed by atoms with Gasteiger partial charge in [-0.3, -0.25) is 15.2 Å². The van der Waals surface area contributed by atoms with Crippen LogP contribution in [0.2, 0.25) is 0 Å². The van der Waals surface area contributed by atoms with E-state index in [0.29, 0.717) is 11.7 Å². The number of carbonyl (C=O) groups is 1. The van der Waals surface area contributed by atoms with E-state index in [4.69, 9.17) is 0 Å². The molecular formula is C11H16N4O. The molecule has 1 aromatic heterocycles. The number of amides is 1. The largest absolute Gasteiger partial charge is 0.286 e. The first-order valence-corrected chi connectivity index (χ1v) is 5.68. The molecular weight excluding hydrogens is 204 g/mol. The van der Waals surface area contributed by atoms with E-state index < -0.39 is 0 Å². The predicted octanol–water partition coefficient (Wildman–Crippen LogP) is 1.04. The first-order chi connectivity index (χ1) is 7.86. The zero-order valence-electron chi connectivity index (χ0n) is 9.15. The van der Waals surface area contributed by atoms with Gasteiger partial charge in [0.05, 0.1) is 6.20 Å². The molecule has 1 fully saturated rings. The summed E-state index contributed by atoms with van der Waals surface area (Å²) in [4.78, 5) is 19.4. The Labute approximate surface area is 94.7 Å². The Morgan fingerprint density at radius 1 is 1.25 bits per heavy atom. The molecule has 1 aliphatic rings. The Morgan fingerprint density at radius 2 is 2.06 bits per heavy atom. The fourth-order valence-electron chi connectivity index (χ4n) is 1.89. The average Bonchev–Trinajstić information content (AvgIpc) is 2.38. The third-order valence-corrected chi connectivity index (χ3v) is 2.79. The summed E-state index contributed by atoms with van der Waals surface area (Å²) in [6.45, 7) is 0. The molecule has 0 atom stereocenters. The molecule has 1 aliphatic carbocycles. The van der Waals surface area contributed by atoms with Gasteiger partial charge in [-0.2, -0.15) is 0 Å². The van der Waals surface area contributed by atoms with E-state index in [1.165, 1.54) is 31.7 Å². The third kappa shape index (κ3) is 3.00. The second-order valence-electron chi connectivity index (χ2n) is 4.02. The maximum atomic E-state index is 11.6. The second kappa shape index (κ2) is 5.55. The van der Waals surface area contributed by atoms with Gasteiger partial charge < -0.3 is 0 Å². The molecule has 2 rings (SSSR count). The summed E-state index contributed by atoms with van der Waals surface area (Å²) in [7, 11) is 0. The van der Waals surface area contributed by atoms with Gasteiger partial charge in [0, 0.05) is 18.4 Å². The van der Waals surface area contributed by atoms with Gasteiger partial charge in [-0.25, -0.2) is 10.4 Å². The summed E-state index contributed by atoms with van der Waals surface area (Å²) in [5.74, 6) is -0.223. The number of hydrogen-bond donors (Lipinski definition) is 2. The van der Waals surface area contributed by atoms with Gasteiger partial charge in [0.25, 0.3) is 5.91 Å². The highest BCUT2D eigenvalue weighted by atomic mass is 16.2. The van der Waals surface area contributed by atoms with Crippen LogP contribution in [0.3, 0.4) is 0 Å². The van der Waals surface area contributed by atoms with E-state index in [9.17, 15) is 4.79 Å². The minimum atomic E-state index is -0.223. The van der Waals surface area contributed by atoms with Gasteiger partial charge in [0.15, 0.2) is 0 Å². The van der Waals surface area contributed by atoms with Crippen LogP contribution in [-0.2, 0) is 0 Å². The van der Waals surface area contributed by atoms with Crippen LogP contribution in [-0.4, -0.2) is 21.9 Å². The Hall–Kier alpha value is -1.49. The molecule has 1 heterocycles. The molecule has 16 heavy (non-hydrogen) atoms. The van der Waals surface area contributed by atoms with Crippen molar-refractivity contribution in [1.82, 2.24) is 20.8 Å². The second-order valence-corrected chi connectivity index (χ2v) is 4.02. The summed E-state index contributed by atoms with van der Waals surface area (Å²) in [5, 5.41) is 0. The molecule has 0 aromatic carbocycles. The van der Waals surface area contributed by atoms with E-state index in [1.54, 1.807) is 6.20 Å². The van der Waals surface area contributed by atoms with Gasteiger partial charge >= 0.3 is 0 Å². The van der Waals surface area contributed by atoms with Gasteiger partial charge in [-0.15, -0.1) is 0 Å². The monoisotopic (exact) mass is 220 g/mol. The average molecular weight is 220 g/mol. The molecule has 1 saturated carbocycles. The zero-order valence-corrected chi connectivity index (χ0v) is 9.15. The first kappa shape index (κ1) is 11.0. The van der Waals surface area contributed by atoms with Crippen molar-refractivity contribution < 1.29 is 4.79 Å². The number of hydrazine groups is 1. The standard InChI is InChI=1S/C11H16N4O/c16-11(10-8-12-6-7-13-10)15-14-9-4-2-1-3-5-9/h6-9,14H,1-5H2,(H,15,16). The third-order valence-electron chi connectivity index (χ3n) is 2.79. The summed E-state index contributed by atoms with van der Waals surface area (Å²) in [5.41, 5.74) is 6.07. The summed E-state index contributed by atoms with van der Waals surface area (Å²) >= 11 is 0. The molecule has 86 valence electrons. The van der Waals surface area contributed by atoms with Crippen molar-refractivity contribution in [2.24, 2.45) is 0 Å². The maximum absolute atomic E-state index is 11.6. The Kier molecular flexibility index (Phi) is 3.82. The Balaban J connectivity index is 1.79. The number of hydrogen-bond acceptors (Lipinski definition) is 4. The van der Waals surface area contributed by atoms with E-state index in [2.05, 4.69) is 20.8 Å². The molecule has 0 saturated heterocycles. The van der Waals surface area contributed by atoms with Crippen molar-refractivity contribution in [2.75, 3.05) is 0 Å². The van der Waals surface area contributed by atoms with Crippen LogP contribution < -0.4 is 10.9 Å². The van der Waals surface area contributed by atoms with E-state index in [1.807, 2.05) is 0 Å². The highest BCUT2D eigenvalue weighted by molar-refractivity contribution is 5.91. The van der Waals surface area contributed by atoms with Crippen molar-refractivity contribution >= 4 is 5.91 Å². The van der Waals surface area contributed by atoms with E-state index >= 15 is 0 Å². The van der Waals surface area contributed by atoms with Crippen molar-refractivity contribution in [1.29, 1.82) is 0 Å². The molecule has 0 aliphatic heterocycles. The maximum Gasteiger partial charge on any atom is 0.285 e. The van der Waals surface area contributed by atoms with Crippen LogP contribution in [0.4, 0.5) is 0 Å². The number of aromatic nitrogens is 2. The SMILES string of the molecule is O=C(NNC1CCCCC1)c1cnccn1. The highest BCUT2D eigenvalue weighted by Gasteiger charge is 2.14. The normalized spacial score (nSPS) is 17.0. The van der Waals surface area contributed by atoms with Gasteiger partial charge in [-0.1, -0.05) is 19.3 Å². The molecule has 0 bridgehead atoms. The van der Waals surface area contributed by atoms with Crippen LogP contribution in [0.25, 0.3) is 0 Å². The Bertz CT molecular complexity index is 335. The molecule has 1 amide bonds. The van der Waals surface area contributed by atoms with Crippen LogP contribution in [0.1, 0.15) is 42.6 Å². The van der Waals surface area contributed by atoms with Gasteiger partial charge in [0.2, 0.25) is 0 Å². The number of rotatable bonds is 3.